The molecule has 0 radical (unpaired) electrons. The highest BCUT2D eigenvalue weighted by Gasteiger charge is 2.41. The number of rotatable bonds is 3. The highest BCUT2D eigenvalue weighted by atomic mass is 16.4. The molecule has 1 amide bonds. The van der Waals surface area contributed by atoms with Crippen LogP contribution in [0.15, 0.2) is 24.3 Å². The Morgan fingerprint density at radius 1 is 1.33 bits per heavy atom. The molecule has 1 aliphatic heterocycles. The number of aliphatic carboxylic acids is 1. The molecule has 1 atom stereocenters. The molecule has 4 heteroatoms. The van der Waals surface area contributed by atoms with Gasteiger partial charge >= 0.3 is 5.97 Å². The third-order valence-electron chi connectivity index (χ3n) is 5.17. The van der Waals surface area contributed by atoms with Crippen molar-refractivity contribution in [1.82, 2.24) is 4.90 Å². The van der Waals surface area contributed by atoms with Crippen molar-refractivity contribution in [1.29, 1.82) is 0 Å². The Hall–Kier alpha value is -1.84. The van der Waals surface area contributed by atoms with Crippen LogP contribution >= 0.6 is 0 Å². The SMILES string of the molecule is O=CN1CCC2(CC1)Cc1ccccc1C(CC(=O)O)C2. The molecule has 1 aromatic carbocycles. The molecule has 1 unspecified atom stereocenters. The molecule has 1 aromatic rings. The van der Waals surface area contributed by atoms with Gasteiger partial charge in [0.25, 0.3) is 0 Å². The molecule has 21 heavy (non-hydrogen) atoms. The van der Waals surface area contributed by atoms with Gasteiger partial charge in [0.2, 0.25) is 6.41 Å². The molecular formula is C17H21NO3. The van der Waals surface area contributed by atoms with Gasteiger partial charge in [-0.3, -0.25) is 9.59 Å². The van der Waals surface area contributed by atoms with Crippen molar-refractivity contribution in [2.24, 2.45) is 5.41 Å². The number of piperidine rings is 1. The second kappa shape index (κ2) is 5.51. The molecule has 0 bridgehead atoms. The monoisotopic (exact) mass is 287 g/mol. The van der Waals surface area contributed by atoms with Crippen LogP contribution in [0.5, 0.6) is 0 Å². The first-order valence-corrected chi connectivity index (χ1v) is 7.61. The summed E-state index contributed by atoms with van der Waals surface area (Å²) in [5.74, 6) is -0.618. The van der Waals surface area contributed by atoms with E-state index in [0.717, 1.165) is 45.2 Å². The summed E-state index contributed by atoms with van der Waals surface area (Å²) in [6, 6.07) is 8.25. The highest BCUT2D eigenvalue weighted by Crippen LogP contribution is 2.49. The summed E-state index contributed by atoms with van der Waals surface area (Å²) in [6.45, 7) is 1.59. The molecule has 1 heterocycles. The average Bonchev–Trinajstić information content (AvgIpc) is 2.47. The Labute approximate surface area is 124 Å². The van der Waals surface area contributed by atoms with E-state index in [-0.39, 0.29) is 17.8 Å². The van der Waals surface area contributed by atoms with E-state index in [1.807, 2.05) is 17.0 Å². The summed E-state index contributed by atoms with van der Waals surface area (Å²) in [5, 5.41) is 9.20. The summed E-state index contributed by atoms with van der Waals surface area (Å²) in [4.78, 5) is 23.9. The van der Waals surface area contributed by atoms with E-state index in [1.54, 1.807) is 0 Å². The van der Waals surface area contributed by atoms with Crippen molar-refractivity contribution in [3.05, 3.63) is 35.4 Å². The largest absolute Gasteiger partial charge is 0.481 e. The standard InChI is InChI=1S/C17H21NO3/c19-12-18-7-5-17(6-8-18)10-13-3-1-2-4-15(13)14(11-17)9-16(20)21/h1-4,12,14H,5-11H2,(H,20,21). The smallest absolute Gasteiger partial charge is 0.303 e. The van der Waals surface area contributed by atoms with Gasteiger partial charge in [0.1, 0.15) is 0 Å². The van der Waals surface area contributed by atoms with Gasteiger partial charge in [-0.15, -0.1) is 0 Å². The fourth-order valence-corrected chi connectivity index (χ4v) is 4.08. The molecule has 3 rings (SSSR count). The molecule has 0 saturated carbocycles. The lowest BCUT2D eigenvalue weighted by Crippen LogP contribution is -2.43. The van der Waals surface area contributed by atoms with Gasteiger partial charge < -0.3 is 10.0 Å². The lowest BCUT2D eigenvalue weighted by Gasteiger charge is -2.46. The maximum Gasteiger partial charge on any atom is 0.303 e. The van der Waals surface area contributed by atoms with Crippen LogP contribution in [0.1, 0.15) is 42.7 Å². The predicted molar refractivity (Wildman–Crippen MR) is 79.1 cm³/mol. The molecule has 4 nitrogen and oxygen atoms in total. The van der Waals surface area contributed by atoms with E-state index in [0.29, 0.717) is 0 Å². The predicted octanol–water partition coefficient (Wildman–Crippen LogP) is 2.43. The maximum atomic E-state index is 11.2. The van der Waals surface area contributed by atoms with Crippen molar-refractivity contribution in [3.63, 3.8) is 0 Å². The first-order valence-electron chi connectivity index (χ1n) is 7.61. The summed E-state index contributed by atoms with van der Waals surface area (Å²) < 4.78 is 0. The van der Waals surface area contributed by atoms with Crippen molar-refractivity contribution >= 4 is 12.4 Å². The maximum absolute atomic E-state index is 11.2. The third-order valence-corrected chi connectivity index (χ3v) is 5.17. The number of carboxylic acids is 1. The van der Waals surface area contributed by atoms with E-state index >= 15 is 0 Å². The zero-order valence-corrected chi connectivity index (χ0v) is 12.1. The topological polar surface area (TPSA) is 57.6 Å². The minimum atomic E-state index is -0.725. The van der Waals surface area contributed by atoms with E-state index in [9.17, 15) is 14.7 Å². The molecule has 1 N–H and O–H groups in total. The molecule has 1 fully saturated rings. The number of benzene rings is 1. The van der Waals surface area contributed by atoms with Crippen molar-refractivity contribution in [3.8, 4) is 0 Å². The van der Waals surface area contributed by atoms with Crippen LogP contribution in [0, 0.1) is 5.41 Å². The molecule has 0 aromatic heterocycles. The van der Waals surface area contributed by atoms with Crippen LogP contribution in [-0.2, 0) is 16.0 Å². The zero-order chi connectivity index (χ0) is 14.9. The van der Waals surface area contributed by atoms with E-state index < -0.39 is 5.97 Å². The number of fused-ring (bicyclic) bond motifs is 1. The van der Waals surface area contributed by atoms with Crippen LogP contribution < -0.4 is 0 Å². The quantitative estimate of drug-likeness (QED) is 0.869. The molecule has 2 aliphatic rings. The molecule has 1 spiro atoms. The third kappa shape index (κ3) is 2.80. The average molecular weight is 287 g/mol. The highest BCUT2D eigenvalue weighted by molar-refractivity contribution is 5.68. The number of likely N-dealkylation sites (tertiary alicyclic amines) is 1. The second-order valence-electron chi connectivity index (χ2n) is 6.52. The van der Waals surface area contributed by atoms with Gasteiger partial charge in [-0.25, -0.2) is 0 Å². The number of nitrogens with zero attached hydrogens (tertiary/aromatic N) is 1. The molecule has 1 saturated heterocycles. The lowest BCUT2D eigenvalue weighted by molar-refractivity contribution is -0.137. The lowest BCUT2D eigenvalue weighted by atomic mass is 9.62. The minimum Gasteiger partial charge on any atom is -0.481 e. The van der Waals surface area contributed by atoms with E-state index in [1.165, 1.54) is 11.1 Å². The van der Waals surface area contributed by atoms with Crippen molar-refractivity contribution in [2.75, 3.05) is 13.1 Å². The van der Waals surface area contributed by atoms with Crippen molar-refractivity contribution < 1.29 is 14.7 Å². The van der Waals surface area contributed by atoms with Gasteiger partial charge in [0.05, 0.1) is 6.42 Å². The Bertz CT molecular complexity index is 547. The van der Waals surface area contributed by atoms with Crippen LogP contribution in [0.3, 0.4) is 0 Å². The van der Waals surface area contributed by atoms with Crippen LogP contribution in [-0.4, -0.2) is 35.5 Å². The van der Waals surface area contributed by atoms with Crippen LogP contribution in [0.2, 0.25) is 0 Å². The van der Waals surface area contributed by atoms with Crippen LogP contribution in [0.25, 0.3) is 0 Å². The zero-order valence-electron chi connectivity index (χ0n) is 12.1. The summed E-state index contributed by atoms with van der Waals surface area (Å²) in [5.41, 5.74) is 2.69. The second-order valence-corrected chi connectivity index (χ2v) is 6.52. The number of carboxylic acid groups (broad SMARTS) is 1. The Kier molecular flexibility index (Phi) is 3.70. The van der Waals surface area contributed by atoms with Gasteiger partial charge in [-0.2, -0.15) is 0 Å². The number of hydrogen-bond acceptors (Lipinski definition) is 2. The number of carbonyl (C=O) groups is 2. The Balaban J connectivity index is 1.86. The van der Waals surface area contributed by atoms with Gasteiger partial charge in [0, 0.05) is 13.1 Å². The first-order chi connectivity index (χ1) is 10.1. The Morgan fingerprint density at radius 2 is 2.05 bits per heavy atom. The van der Waals surface area contributed by atoms with E-state index in [2.05, 4.69) is 12.1 Å². The van der Waals surface area contributed by atoms with Gasteiger partial charge in [-0.1, -0.05) is 24.3 Å². The van der Waals surface area contributed by atoms with E-state index in [4.69, 9.17) is 0 Å². The minimum absolute atomic E-state index is 0.107. The van der Waals surface area contributed by atoms with Gasteiger partial charge in [0.15, 0.2) is 0 Å². The summed E-state index contributed by atoms with van der Waals surface area (Å²) in [7, 11) is 0. The molecule has 112 valence electrons. The Morgan fingerprint density at radius 3 is 2.71 bits per heavy atom. The first kappa shape index (κ1) is 14.1. The van der Waals surface area contributed by atoms with Crippen molar-refractivity contribution in [2.45, 2.75) is 38.0 Å². The van der Waals surface area contributed by atoms with Crippen LogP contribution in [0.4, 0.5) is 0 Å². The number of carbonyl (C=O) groups excluding carboxylic acids is 1. The number of amides is 1. The molecule has 1 aliphatic carbocycles. The summed E-state index contributed by atoms with van der Waals surface area (Å²) >= 11 is 0. The van der Waals surface area contributed by atoms with Gasteiger partial charge in [-0.05, 0) is 48.1 Å². The number of hydrogen-bond donors (Lipinski definition) is 1. The normalized spacial score (nSPS) is 23.6. The fraction of sp³-hybridized carbons (Fsp3) is 0.529. The fourth-order valence-electron chi connectivity index (χ4n) is 4.08. The summed E-state index contributed by atoms with van der Waals surface area (Å²) in [6.07, 6.45) is 5.05. The molecular weight excluding hydrogens is 266 g/mol.